The van der Waals surface area contributed by atoms with Crippen molar-refractivity contribution in [2.45, 2.75) is 19.6 Å². The lowest BCUT2D eigenvalue weighted by Crippen LogP contribution is -2.21. The lowest BCUT2D eigenvalue weighted by atomic mass is 10.2. The summed E-state index contributed by atoms with van der Waals surface area (Å²) in [6, 6.07) is 6.04. The number of ether oxygens (including phenoxy) is 1. The van der Waals surface area contributed by atoms with E-state index in [1.54, 1.807) is 0 Å². The van der Waals surface area contributed by atoms with Crippen molar-refractivity contribution in [1.82, 2.24) is 9.78 Å². The van der Waals surface area contributed by atoms with Crippen LogP contribution >= 0.6 is 0 Å². The van der Waals surface area contributed by atoms with E-state index < -0.39 is 23.3 Å². The molecule has 0 unspecified atom stereocenters. The molecule has 9 heteroatoms. The Morgan fingerprint density at radius 1 is 1.33 bits per heavy atom. The van der Waals surface area contributed by atoms with Crippen molar-refractivity contribution in [1.29, 1.82) is 0 Å². The molecule has 1 heterocycles. The van der Waals surface area contributed by atoms with E-state index in [9.17, 15) is 18.0 Å². The molecule has 2 N–H and O–H groups in total. The number of carbonyl (C=O) groups excluding carboxylic acids is 1. The molecule has 0 aliphatic carbocycles. The van der Waals surface area contributed by atoms with Gasteiger partial charge in [-0.05, 0) is 31.2 Å². The Balaban J connectivity index is 2.17. The summed E-state index contributed by atoms with van der Waals surface area (Å²) in [7, 11) is 0. The Kier molecular flexibility index (Phi) is 5.45. The number of nitrogens with one attached hydrogen (secondary N) is 1. The van der Waals surface area contributed by atoms with Gasteiger partial charge in [0.1, 0.15) is 12.4 Å². The molecule has 2 rings (SSSR count). The molecule has 0 aliphatic heterocycles. The zero-order valence-electron chi connectivity index (χ0n) is 12.8. The maximum absolute atomic E-state index is 13.1. The molecule has 130 valence electrons. The molecule has 0 fully saturated rings. The van der Waals surface area contributed by atoms with E-state index >= 15 is 0 Å². The molecule has 0 aliphatic rings. The van der Waals surface area contributed by atoms with E-state index in [2.05, 4.69) is 10.4 Å². The van der Waals surface area contributed by atoms with Gasteiger partial charge in [0.2, 0.25) is 0 Å². The first-order valence-corrected chi connectivity index (χ1v) is 7.15. The third-order valence-corrected chi connectivity index (χ3v) is 3.12. The van der Waals surface area contributed by atoms with E-state index in [4.69, 9.17) is 9.84 Å². The van der Waals surface area contributed by atoms with Gasteiger partial charge in [0.25, 0.3) is 5.91 Å². The molecular formula is C15H16F3N3O3. The van der Waals surface area contributed by atoms with Crippen molar-refractivity contribution in [3.05, 3.63) is 41.7 Å². The minimum Gasteiger partial charge on any atom is -0.491 e. The minimum atomic E-state index is -4.68. The number of aryl methyl sites for hydroxylation is 1. The second kappa shape index (κ2) is 7.35. The number of aromatic nitrogens is 2. The number of hydrogen-bond donors (Lipinski definition) is 2. The van der Waals surface area contributed by atoms with Gasteiger partial charge in [0, 0.05) is 12.2 Å². The predicted molar refractivity (Wildman–Crippen MR) is 79.9 cm³/mol. The van der Waals surface area contributed by atoms with Gasteiger partial charge in [0.05, 0.1) is 18.4 Å². The van der Waals surface area contributed by atoms with Crippen molar-refractivity contribution >= 4 is 11.6 Å². The average Bonchev–Trinajstić information content (AvgIpc) is 2.98. The van der Waals surface area contributed by atoms with Crippen LogP contribution in [0.1, 0.15) is 23.0 Å². The number of hydrogen-bond acceptors (Lipinski definition) is 4. The molecule has 0 bridgehead atoms. The molecule has 24 heavy (non-hydrogen) atoms. The Bertz CT molecular complexity index is 696. The molecule has 0 saturated heterocycles. The van der Waals surface area contributed by atoms with Gasteiger partial charge in [-0.25, -0.2) is 0 Å². The van der Waals surface area contributed by atoms with Gasteiger partial charge in [-0.2, -0.15) is 18.3 Å². The first-order chi connectivity index (χ1) is 11.4. The molecule has 6 nitrogen and oxygen atoms in total. The van der Waals surface area contributed by atoms with Crippen molar-refractivity contribution in [3.8, 4) is 5.75 Å². The highest BCUT2D eigenvalue weighted by atomic mass is 19.4. The fraction of sp³-hybridized carbons (Fsp3) is 0.333. The van der Waals surface area contributed by atoms with Crippen LogP contribution in [0.3, 0.4) is 0 Å². The molecule has 0 radical (unpaired) electrons. The normalized spacial score (nSPS) is 11.4. The van der Waals surface area contributed by atoms with Crippen LogP contribution in [0.2, 0.25) is 0 Å². The van der Waals surface area contributed by atoms with Gasteiger partial charge in [-0.1, -0.05) is 0 Å². The van der Waals surface area contributed by atoms with Gasteiger partial charge in [0.15, 0.2) is 5.69 Å². The van der Waals surface area contributed by atoms with E-state index in [-0.39, 0.29) is 19.8 Å². The molecule has 1 aromatic carbocycles. The maximum atomic E-state index is 13.1. The third kappa shape index (κ3) is 4.05. The van der Waals surface area contributed by atoms with Crippen LogP contribution in [0.4, 0.5) is 18.9 Å². The van der Waals surface area contributed by atoms with Crippen LogP contribution in [-0.2, 0) is 12.7 Å². The topological polar surface area (TPSA) is 76.4 Å². The SMILES string of the molecule is CCn1ncc(C(=O)Nc2ccc(OCCO)cc2)c1C(F)(F)F. The molecular weight excluding hydrogens is 327 g/mol. The Morgan fingerprint density at radius 2 is 2.00 bits per heavy atom. The van der Waals surface area contributed by atoms with Crippen LogP contribution < -0.4 is 10.1 Å². The number of alkyl halides is 3. The lowest BCUT2D eigenvalue weighted by molar-refractivity contribution is -0.144. The average molecular weight is 343 g/mol. The number of rotatable bonds is 6. The van der Waals surface area contributed by atoms with Gasteiger partial charge in [-0.3, -0.25) is 9.48 Å². The summed E-state index contributed by atoms with van der Waals surface area (Å²) >= 11 is 0. The minimum absolute atomic E-state index is 0.000976. The number of benzene rings is 1. The highest BCUT2D eigenvalue weighted by molar-refractivity contribution is 6.05. The standard InChI is InChI=1S/C15H16F3N3O3/c1-2-21-13(15(16,17)18)12(9-19-21)14(23)20-10-3-5-11(6-4-10)24-8-7-22/h3-6,9,22H,2,7-8H2,1H3,(H,20,23). The summed E-state index contributed by atoms with van der Waals surface area (Å²) in [6.07, 6.45) is -3.78. The first kappa shape index (κ1) is 17.8. The van der Waals surface area contributed by atoms with Gasteiger partial charge in [-0.15, -0.1) is 0 Å². The molecule has 1 aromatic heterocycles. The molecule has 0 spiro atoms. The number of aliphatic hydroxyl groups excluding tert-OH is 1. The summed E-state index contributed by atoms with van der Waals surface area (Å²) in [6.45, 7) is 1.49. The zero-order valence-corrected chi connectivity index (χ0v) is 12.8. The van der Waals surface area contributed by atoms with E-state index in [1.165, 1.54) is 31.2 Å². The predicted octanol–water partition coefficient (Wildman–Crippen LogP) is 2.55. The molecule has 0 atom stereocenters. The Labute approximate surface area is 135 Å². The highest BCUT2D eigenvalue weighted by Crippen LogP contribution is 2.32. The monoisotopic (exact) mass is 343 g/mol. The fourth-order valence-electron chi connectivity index (χ4n) is 2.09. The summed E-state index contributed by atoms with van der Waals surface area (Å²) < 4.78 is 45.3. The summed E-state index contributed by atoms with van der Waals surface area (Å²) in [4.78, 5) is 12.1. The van der Waals surface area contributed by atoms with E-state index in [1.807, 2.05) is 0 Å². The smallest absolute Gasteiger partial charge is 0.433 e. The van der Waals surface area contributed by atoms with E-state index in [0.717, 1.165) is 10.9 Å². The van der Waals surface area contributed by atoms with Crippen molar-refractivity contribution in [2.24, 2.45) is 0 Å². The fourth-order valence-corrected chi connectivity index (χ4v) is 2.09. The lowest BCUT2D eigenvalue weighted by Gasteiger charge is -2.12. The van der Waals surface area contributed by atoms with E-state index in [0.29, 0.717) is 11.4 Å². The number of amides is 1. The second-order valence-corrected chi connectivity index (χ2v) is 4.77. The summed E-state index contributed by atoms with van der Waals surface area (Å²) in [5, 5.41) is 14.7. The Hall–Kier alpha value is -2.55. The van der Waals surface area contributed by atoms with Crippen molar-refractivity contribution < 1.29 is 27.8 Å². The molecule has 2 aromatic rings. The van der Waals surface area contributed by atoms with Crippen LogP contribution in [0, 0.1) is 0 Å². The second-order valence-electron chi connectivity index (χ2n) is 4.77. The number of aliphatic hydroxyl groups is 1. The summed E-state index contributed by atoms with van der Waals surface area (Å²) in [5.41, 5.74) is -1.30. The van der Waals surface area contributed by atoms with Crippen LogP contribution in [-0.4, -0.2) is 34.0 Å². The van der Waals surface area contributed by atoms with Crippen LogP contribution in [0.25, 0.3) is 0 Å². The highest BCUT2D eigenvalue weighted by Gasteiger charge is 2.39. The van der Waals surface area contributed by atoms with Crippen LogP contribution in [0.5, 0.6) is 5.75 Å². The number of carbonyl (C=O) groups is 1. The molecule has 0 saturated carbocycles. The molecule has 1 amide bonds. The maximum Gasteiger partial charge on any atom is 0.433 e. The quantitative estimate of drug-likeness (QED) is 0.845. The number of anilines is 1. The van der Waals surface area contributed by atoms with Gasteiger partial charge >= 0.3 is 6.18 Å². The number of halogens is 3. The Morgan fingerprint density at radius 3 is 2.54 bits per heavy atom. The van der Waals surface area contributed by atoms with Crippen molar-refractivity contribution in [3.63, 3.8) is 0 Å². The van der Waals surface area contributed by atoms with Gasteiger partial charge < -0.3 is 15.2 Å². The zero-order chi connectivity index (χ0) is 17.7. The van der Waals surface area contributed by atoms with Crippen LogP contribution in [0.15, 0.2) is 30.5 Å². The third-order valence-electron chi connectivity index (χ3n) is 3.12. The number of nitrogens with zero attached hydrogens (tertiary/aromatic N) is 2. The summed E-state index contributed by atoms with van der Waals surface area (Å²) in [5.74, 6) is -0.428. The van der Waals surface area contributed by atoms with Crippen molar-refractivity contribution in [2.75, 3.05) is 18.5 Å². The largest absolute Gasteiger partial charge is 0.491 e. The first-order valence-electron chi connectivity index (χ1n) is 7.15.